The summed E-state index contributed by atoms with van der Waals surface area (Å²) in [5, 5.41) is 8.56. The number of aryl methyl sites for hydroxylation is 1. The van der Waals surface area contributed by atoms with Crippen LogP contribution in [-0.2, 0) is 6.42 Å². The highest BCUT2D eigenvalue weighted by Gasteiger charge is 2.21. The molecule has 4 nitrogen and oxygen atoms in total. The number of pyridine rings is 1. The molecule has 4 heteroatoms. The average molecular weight is 214 g/mol. The second kappa shape index (κ2) is 3.70. The summed E-state index contributed by atoms with van der Waals surface area (Å²) in [6.07, 6.45) is 7.08. The fraction of sp³-hybridized carbons (Fsp3) is 0.417. The van der Waals surface area contributed by atoms with Gasteiger partial charge in [0, 0.05) is 30.4 Å². The van der Waals surface area contributed by atoms with Gasteiger partial charge < -0.3 is 4.57 Å². The first-order valence-electron chi connectivity index (χ1n) is 5.70. The van der Waals surface area contributed by atoms with Gasteiger partial charge in [0.05, 0.1) is 0 Å². The predicted molar refractivity (Wildman–Crippen MR) is 60.9 cm³/mol. The number of rotatable bonds is 1. The highest BCUT2D eigenvalue weighted by Crippen LogP contribution is 2.28. The van der Waals surface area contributed by atoms with Crippen LogP contribution >= 0.6 is 0 Å². The smallest absolute Gasteiger partial charge is 0.165 e. The molecule has 0 amide bonds. The molecule has 1 aliphatic rings. The van der Waals surface area contributed by atoms with Gasteiger partial charge in [0.15, 0.2) is 5.82 Å². The largest absolute Gasteiger partial charge is 0.308 e. The summed E-state index contributed by atoms with van der Waals surface area (Å²) in [4.78, 5) is 4.13. The molecule has 16 heavy (non-hydrogen) atoms. The van der Waals surface area contributed by atoms with E-state index in [0.717, 1.165) is 23.6 Å². The molecule has 0 aliphatic carbocycles. The molecule has 0 spiro atoms. The summed E-state index contributed by atoms with van der Waals surface area (Å²) in [6.45, 7) is 2.23. The molecule has 0 N–H and O–H groups in total. The van der Waals surface area contributed by atoms with Gasteiger partial charge in [-0.15, -0.1) is 10.2 Å². The Morgan fingerprint density at radius 3 is 3.12 bits per heavy atom. The van der Waals surface area contributed by atoms with E-state index in [1.807, 2.05) is 18.3 Å². The maximum atomic E-state index is 4.29. The number of hydrogen-bond acceptors (Lipinski definition) is 3. The van der Waals surface area contributed by atoms with Gasteiger partial charge in [0.1, 0.15) is 5.82 Å². The van der Waals surface area contributed by atoms with Crippen LogP contribution in [0.5, 0.6) is 0 Å². The van der Waals surface area contributed by atoms with Crippen LogP contribution in [0, 0.1) is 0 Å². The van der Waals surface area contributed by atoms with Crippen LogP contribution in [0.1, 0.15) is 31.6 Å². The van der Waals surface area contributed by atoms with Crippen LogP contribution in [0.25, 0.3) is 11.4 Å². The minimum absolute atomic E-state index is 0.494. The normalized spacial score (nSPS) is 19.4. The molecule has 2 aromatic rings. The van der Waals surface area contributed by atoms with E-state index in [1.54, 1.807) is 6.20 Å². The van der Waals surface area contributed by atoms with Crippen molar-refractivity contribution in [3.8, 4) is 11.4 Å². The number of nitrogens with zero attached hydrogens (tertiary/aromatic N) is 4. The van der Waals surface area contributed by atoms with E-state index < -0.39 is 0 Å². The van der Waals surface area contributed by atoms with Crippen molar-refractivity contribution in [2.24, 2.45) is 0 Å². The predicted octanol–water partition coefficient (Wildman–Crippen LogP) is 2.24. The van der Waals surface area contributed by atoms with Crippen molar-refractivity contribution in [1.82, 2.24) is 19.7 Å². The lowest BCUT2D eigenvalue weighted by atomic mass is 10.1. The fourth-order valence-electron chi connectivity index (χ4n) is 2.33. The Balaban J connectivity index is 2.13. The maximum absolute atomic E-state index is 4.29. The van der Waals surface area contributed by atoms with Crippen LogP contribution in [0.3, 0.4) is 0 Å². The zero-order chi connectivity index (χ0) is 11.0. The van der Waals surface area contributed by atoms with Crippen LogP contribution in [0.4, 0.5) is 0 Å². The maximum Gasteiger partial charge on any atom is 0.165 e. The van der Waals surface area contributed by atoms with Crippen molar-refractivity contribution >= 4 is 0 Å². The van der Waals surface area contributed by atoms with Gasteiger partial charge in [-0.3, -0.25) is 4.98 Å². The van der Waals surface area contributed by atoms with Crippen molar-refractivity contribution in [1.29, 1.82) is 0 Å². The third-order valence-electron chi connectivity index (χ3n) is 3.15. The molecule has 3 heterocycles. The topological polar surface area (TPSA) is 43.6 Å². The van der Waals surface area contributed by atoms with Crippen LogP contribution in [0.15, 0.2) is 24.5 Å². The lowest BCUT2D eigenvalue weighted by molar-refractivity contribution is 0.429. The average Bonchev–Trinajstić information content (AvgIpc) is 2.75. The van der Waals surface area contributed by atoms with E-state index >= 15 is 0 Å². The molecule has 0 saturated heterocycles. The van der Waals surface area contributed by atoms with E-state index in [0.29, 0.717) is 6.04 Å². The summed E-state index contributed by atoms with van der Waals surface area (Å²) >= 11 is 0. The zero-order valence-corrected chi connectivity index (χ0v) is 9.30. The SMILES string of the molecule is CC1CCCc2nnc(-c3cccnc3)n21. The number of aromatic nitrogens is 4. The van der Waals surface area contributed by atoms with Gasteiger partial charge in [-0.1, -0.05) is 0 Å². The molecule has 0 aromatic carbocycles. The van der Waals surface area contributed by atoms with E-state index in [2.05, 4.69) is 26.7 Å². The van der Waals surface area contributed by atoms with Gasteiger partial charge in [-0.25, -0.2) is 0 Å². The molecule has 82 valence electrons. The third-order valence-corrected chi connectivity index (χ3v) is 3.15. The quantitative estimate of drug-likeness (QED) is 0.731. The molecule has 3 rings (SSSR count). The van der Waals surface area contributed by atoms with Gasteiger partial charge in [-0.05, 0) is 31.9 Å². The van der Waals surface area contributed by atoms with Crippen molar-refractivity contribution < 1.29 is 0 Å². The Kier molecular flexibility index (Phi) is 2.20. The molecule has 0 saturated carbocycles. The standard InChI is InChI=1S/C12H14N4/c1-9-4-2-6-11-14-15-12(16(9)11)10-5-3-7-13-8-10/h3,5,7-9H,2,4,6H2,1H3. The first-order valence-corrected chi connectivity index (χ1v) is 5.70. The van der Waals surface area contributed by atoms with Crippen LogP contribution in [-0.4, -0.2) is 19.7 Å². The highest BCUT2D eigenvalue weighted by molar-refractivity contribution is 5.53. The summed E-state index contributed by atoms with van der Waals surface area (Å²) in [5.41, 5.74) is 1.05. The van der Waals surface area contributed by atoms with Gasteiger partial charge in [-0.2, -0.15) is 0 Å². The van der Waals surface area contributed by atoms with E-state index in [4.69, 9.17) is 0 Å². The Bertz CT molecular complexity index is 489. The monoisotopic (exact) mass is 214 g/mol. The molecule has 2 aromatic heterocycles. The number of hydrogen-bond donors (Lipinski definition) is 0. The molecule has 1 aliphatic heterocycles. The lowest BCUT2D eigenvalue weighted by Gasteiger charge is -2.22. The van der Waals surface area contributed by atoms with Gasteiger partial charge in [0.25, 0.3) is 0 Å². The zero-order valence-electron chi connectivity index (χ0n) is 9.30. The van der Waals surface area contributed by atoms with Crippen LogP contribution in [0.2, 0.25) is 0 Å². The van der Waals surface area contributed by atoms with Gasteiger partial charge >= 0.3 is 0 Å². The Labute approximate surface area is 94.4 Å². The summed E-state index contributed by atoms with van der Waals surface area (Å²) in [7, 11) is 0. The first kappa shape index (κ1) is 9.51. The molecular weight excluding hydrogens is 200 g/mol. The van der Waals surface area contributed by atoms with E-state index in [9.17, 15) is 0 Å². The summed E-state index contributed by atoms with van der Waals surface area (Å²) < 4.78 is 2.25. The van der Waals surface area contributed by atoms with Crippen LogP contribution < -0.4 is 0 Å². The molecule has 0 bridgehead atoms. The third kappa shape index (κ3) is 1.41. The lowest BCUT2D eigenvalue weighted by Crippen LogP contribution is -2.16. The Morgan fingerprint density at radius 1 is 1.38 bits per heavy atom. The van der Waals surface area contributed by atoms with Crippen molar-refractivity contribution in [2.45, 2.75) is 32.2 Å². The Morgan fingerprint density at radius 2 is 2.31 bits per heavy atom. The molecule has 0 radical (unpaired) electrons. The van der Waals surface area contributed by atoms with E-state index in [-0.39, 0.29) is 0 Å². The number of fused-ring (bicyclic) bond motifs is 1. The van der Waals surface area contributed by atoms with Gasteiger partial charge in [0.2, 0.25) is 0 Å². The summed E-state index contributed by atoms with van der Waals surface area (Å²) in [5.74, 6) is 2.06. The molecule has 1 unspecified atom stereocenters. The molecular formula is C12H14N4. The second-order valence-electron chi connectivity index (χ2n) is 4.29. The highest BCUT2D eigenvalue weighted by atomic mass is 15.3. The van der Waals surface area contributed by atoms with E-state index in [1.165, 1.54) is 12.8 Å². The van der Waals surface area contributed by atoms with Crippen molar-refractivity contribution in [3.05, 3.63) is 30.4 Å². The molecule has 1 atom stereocenters. The second-order valence-corrected chi connectivity index (χ2v) is 4.29. The Hall–Kier alpha value is -1.71. The fourth-order valence-corrected chi connectivity index (χ4v) is 2.33. The minimum Gasteiger partial charge on any atom is -0.308 e. The van der Waals surface area contributed by atoms with Crippen molar-refractivity contribution in [3.63, 3.8) is 0 Å². The molecule has 0 fully saturated rings. The minimum atomic E-state index is 0.494. The first-order chi connectivity index (χ1) is 7.86. The van der Waals surface area contributed by atoms with Crippen molar-refractivity contribution in [2.75, 3.05) is 0 Å². The summed E-state index contributed by atoms with van der Waals surface area (Å²) in [6, 6.07) is 4.46.